The Balaban J connectivity index is 0.000000218. The topological polar surface area (TPSA) is 98.9 Å². The van der Waals surface area contributed by atoms with E-state index < -0.39 is 12.1 Å². The van der Waals surface area contributed by atoms with E-state index in [2.05, 4.69) is 9.47 Å². The fourth-order valence-electron chi connectivity index (χ4n) is 1.26. The Kier molecular flexibility index (Phi) is 5.49. The summed E-state index contributed by atoms with van der Waals surface area (Å²) in [6, 6.07) is 6.34. The van der Waals surface area contributed by atoms with E-state index in [-0.39, 0.29) is 0 Å². The molecule has 7 nitrogen and oxygen atoms in total. The third kappa shape index (κ3) is 4.40. The lowest BCUT2D eigenvalue weighted by Gasteiger charge is -1.98. The van der Waals surface area contributed by atoms with Crippen LogP contribution in [0.4, 0.5) is 4.79 Å². The molecule has 0 radical (unpaired) electrons. The lowest BCUT2D eigenvalue weighted by Crippen LogP contribution is -2.31. The lowest BCUT2D eigenvalue weighted by molar-refractivity contribution is 0.0600. The van der Waals surface area contributed by atoms with Crippen LogP contribution in [0.25, 0.3) is 0 Å². The molecule has 0 unspecified atom stereocenters. The van der Waals surface area contributed by atoms with Crippen molar-refractivity contribution in [3.8, 4) is 0 Å². The molecule has 1 heterocycles. The molecule has 2 rings (SSSR count). The summed E-state index contributed by atoms with van der Waals surface area (Å²) in [5, 5.41) is 1.04. The Bertz CT molecular complexity index is 475. The molecule has 7 heteroatoms. The summed E-state index contributed by atoms with van der Waals surface area (Å²) < 4.78 is 8.91. The van der Waals surface area contributed by atoms with Gasteiger partial charge in [0, 0.05) is 5.56 Å². The average Bonchev–Trinajstić information content (AvgIpc) is 2.82. The van der Waals surface area contributed by atoms with Crippen LogP contribution in [0.15, 0.2) is 24.3 Å². The van der Waals surface area contributed by atoms with Crippen molar-refractivity contribution in [2.45, 2.75) is 0 Å². The monoisotopic (exact) mass is 266 g/mol. The summed E-state index contributed by atoms with van der Waals surface area (Å²) in [5.41, 5.74) is 0.861. The molecule has 1 aliphatic heterocycles. The predicted octanol–water partition coefficient (Wildman–Crippen LogP) is 0.598. The fraction of sp³-hybridized carbons (Fsp3) is 0.250. The molecule has 0 aliphatic carbocycles. The van der Waals surface area contributed by atoms with Gasteiger partial charge in [-0.1, -0.05) is 12.1 Å². The van der Waals surface area contributed by atoms with Gasteiger partial charge in [-0.2, -0.15) is 0 Å². The second-order valence-corrected chi connectivity index (χ2v) is 3.54. The second-order valence-electron chi connectivity index (χ2n) is 3.54. The van der Waals surface area contributed by atoms with Gasteiger partial charge in [-0.25, -0.2) is 20.4 Å². The highest BCUT2D eigenvalue weighted by Gasteiger charge is 2.16. The molecule has 0 spiro atoms. The van der Waals surface area contributed by atoms with Crippen LogP contribution in [0.5, 0.6) is 0 Å². The fourth-order valence-corrected chi connectivity index (χ4v) is 1.26. The number of benzene rings is 1. The van der Waals surface area contributed by atoms with Crippen molar-refractivity contribution in [2.75, 3.05) is 20.3 Å². The maximum atomic E-state index is 10.9. The molecule has 1 aromatic carbocycles. The number of nitrogens with two attached hydrogens (primary N) is 1. The number of amides is 1. The van der Waals surface area contributed by atoms with Gasteiger partial charge in [0.05, 0.1) is 19.2 Å². The van der Waals surface area contributed by atoms with Gasteiger partial charge in [-0.15, -0.1) is 0 Å². The number of carbonyl (C=O) groups is 3. The highest BCUT2D eigenvalue weighted by atomic mass is 16.6. The first kappa shape index (κ1) is 14.7. The number of rotatable bonds is 2. The first-order valence-electron chi connectivity index (χ1n) is 5.41. The summed E-state index contributed by atoms with van der Waals surface area (Å²) in [4.78, 5) is 31.4. The Morgan fingerprint density at radius 1 is 1.53 bits per heavy atom. The molecule has 1 fully saturated rings. The normalized spacial score (nSPS) is 13.2. The number of hydrazine groups is 1. The quantitative estimate of drug-likeness (QED) is 0.364. The highest BCUT2D eigenvalue weighted by molar-refractivity contribution is 5.91. The van der Waals surface area contributed by atoms with Crippen molar-refractivity contribution in [1.82, 2.24) is 5.01 Å². The van der Waals surface area contributed by atoms with Gasteiger partial charge in [0.1, 0.15) is 12.9 Å². The van der Waals surface area contributed by atoms with Crippen molar-refractivity contribution in [3.05, 3.63) is 35.4 Å². The molecule has 1 saturated heterocycles. The number of methoxy groups -OCH3 is 1. The van der Waals surface area contributed by atoms with E-state index in [1.54, 1.807) is 18.2 Å². The first-order valence-corrected chi connectivity index (χ1v) is 5.41. The van der Waals surface area contributed by atoms with Crippen LogP contribution >= 0.6 is 0 Å². The number of hydrogen-bond donors (Lipinski definition) is 1. The van der Waals surface area contributed by atoms with E-state index in [4.69, 9.17) is 5.84 Å². The maximum Gasteiger partial charge on any atom is 0.424 e. The predicted molar refractivity (Wildman–Crippen MR) is 65.4 cm³/mol. The first-order chi connectivity index (χ1) is 9.08. The SMILES string of the molecule is COC(=O)c1cccc(C=O)c1.NN1CCOC1=O. The molecule has 0 aromatic heterocycles. The number of hydrogen-bond acceptors (Lipinski definition) is 6. The average molecular weight is 266 g/mol. The molecular weight excluding hydrogens is 252 g/mol. The van der Waals surface area contributed by atoms with E-state index in [1.807, 2.05) is 0 Å². The van der Waals surface area contributed by atoms with Crippen LogP contribution in [-0.2, 0) is 9.47 Å². The molecular formula is C12H14N2O5. The standard InChI is InChI=1S/C9H8O3.C3H6N2O2/c1-12-9(11)8-4-2-3-7(5-8)6-10;4-5-1-2-7-3(5)6/h2-6H,1H3;1-2,4H2. The summed E-state index contributed by atoms with van der Waals surface area (Å²) in [7, 11) is 1.30. The zero-order valence-electron chi connectivity index (χ0n) is 10.4. The van der Waals surface area contributed by atoms with Gasteiger partial charge in [0.25, 0.3) is 0 Å². The van der Waals surface area contributed by atoms with Crippen LogP contribution < -0.4 is 5.84 Å². The molecule has 0 atom stereocenters. The minimum Gasteiger partial charge on any atom is -0.465 e. The Morgan fingerprint density at radius 2 is 2.26 bits per heavy atom. The number of ether oxygens (including phenoxy) is 2. The van der Waals surface area contributed by atoms with Crippen molar-refractivity contribution in [2.24, 2.45) is 5.84 Å². The summed E-state index contributed by atoms with van der Waals surface area (Å²) in [6.45, 7) is 0.939. The number of carbonyl (C=O) groups excluding carboxylic acids is 3. The van der Waals surface area contributed by atoms with Crippen molar-refractivity contribution < 1.29 is 23.9 Å². The number of cyclic esters (lactones) is 1. The Labute approximate surface area is 109 Å². The molecule has 102 valence electrons. The molecule has 0 bridgehead atoms. The van der Waals surface area contributed by atoms with Crippen LogP contribution in [0.1, 0.15) is 20.7 Å². The van der Waals surface area contributed by atoms with Crippen LogP contribution in [0.2, 0.25) is 0 Å². The van der Waals surface area contributed by atoms with Gasteiger partial charge in [-0.05, 0) is 12.1 Å². The third-order valence-corrected chi connectivity index (χ3v) is 2.24. The molecule has 2 N–H and O–H groups in total. The minimum absolute atomic E-state index is 0.391. The maximum absolute atomic E-state index is 10.9. The van der Waals surface area contributed by atoms with E-state index in [0.717, 1.165) is 5.01 Å². The van der Waals surface area contributed by atoms with Gasteiger partial charge in [-0.3, -0.25) is 4.79 Å². The number of aldehydes is 1. The zero-order valence-corrected chi connectivity index (χ0v) is 10.4. The van der Waals surface area contributed by atoms with Crippen molar-refractivity contribution in [3.63, 3.8) is 0 Å². The van der Waals surface area contributed by atoms with Gasteiger partial charge in [0.2, 0.25) is 0 Å². The van der Waals surface area contributed by atoms with E-state index in [0.29, 0.717) is 30.6 Å². The minimum atomic E-state index is -0.432. The van der Waals surface area contributed by atoms with Crippen molar-refractivity contribution in [1.29, 1.82) is 0 Å². The molecule has 19 heavy (non-hydrogen) atoms. The van der Waals surface area contributed by atoms with E-state index in [9.17, 15) is 14.4 Å². The second kappa shape index (κ2) is 7.12. The Morgan fingerprint density at radius 3 is 2.68 bits per heavy atom. The molecule has 1 amide bonds. The molecule has 0 saturated carbocycles. The lowest BCUT2D eigenvalue weighted by atomic mass is 10.1. The zero-order chi connectivity index (χ0) is 14.3. The highest BCUT2D eigenvalue weighted by Crippen LogP contribution is 2.04. The molecule has 1 aromatic rings. The van der Waals surface area contributed by atoms with Gasteiger partial charge in [0.15, 0.2) is 0 Å². The van der Waals surface area contributed by atoms with E-state index >= 15 is 0 Å². The van der Waals surface area contributed by atoms with Crippen LogP contribution in [-0.4, -0.2) is 43.6 Å². The van der Waals surface area contributed by atoms with Gasteiger partial charge < -0.3 is 9.47 Å². The summed E-state index contributed by atoms with van der Waals surface area (Å²) >= 11 is 0. The smallest absolute Gasteiger partial charge is 0.424 e. The van der Waals surface area contributed by atoms with Crippen LogP contribution in [0, 0.1) is 0 Å². The Hall–Kier alpha value is -2.41. The molecule has 1 aliphatic rings. The number of nitrogens with zero attached hydrogens (tertiary/aromatic N) is 1. The van der Waals surface area contributed by atoms with Crippen LogP contribution in [0.3, 0.4) is 0 Å². The summed E-state index contributed by atoms with van der Waals surface area (Å²) in [6.07, 6.45) is 0.256. The third-order valence-electron chi connectivity index (χ3n) is 2.24. The number of esters is 1. The summed E-state index contributed by atoms with van der Waals surface area (Å²) in [5.74, 6) is 4.61. The van der Waals surface area contributed by atoms with E-state index in [1.165, 1.54) is 13.2 Å². The van der Waals surface area contributed by atoms with Crippen molar-refractivity contribution >= 4 is 18.3 Å². The van der Waals surface area contributed by atoms with Gasteiger partial charge >= 0.3 is 12.1 Å². The largest absolute Gasteiger partial charge is 0.465 e.